The number of carbonyl (C=O) groups excluding carboxylic acids is 2. The average Bonchev–Trinajstić information content (AvgIpc) is 2.55. The zero-order valence-corrected chi connectivity index (χ0v) is 18.6. The van der Waals surface area contributed by atoms with Crippen molar-refractivity contribution in [1.82, 2.24) is 0 Å². The Kier molecular flexibility index (Phi) is 10.8. The van der Waals surface area contributed by atoms with E-state index in [9.17, 15) is 19.5 Å². The van der Waals surface area contributed by atoms with E-state index in [4.69, 9.17) is 49.4 Å². The number of ketones is 1. The highest BCUT2D eigenvalue weighted by molar-refractivity contribution is 6.67. The van der Waals surface area contributed by atoms with Crippen LogP contribution in [0.5, 0.6) is 0 Å². The highest BCUT2D eigenvalue weighted by Crippen LogP contribution is 2.33. The molecule has 0 saturated heterocycles. The third-order valence-corrected chi connectivity index (χ3v) is 4.76. The van der Waals surface area contributed by atoms with Gasteiger partial charge in [0.2, 0.25) is 3.79 Å². The Morgan fingerprint density at radius 3 is 2.14 bits per heavy atom. The smallest absolute Gasteiger partial charge is 0.481 e. The number of alkyl halides is 3. The zero-order valence-electron chi connectivity index (χ0n) is 16.3. The van der Waals surface area contributed by atoms with Gasteiger partial charge in [0, 0.05) is 0 Å². The van der Waals surface area contributed by atoms with Crippen molar-refractivity contribution in [3.05, 3.63) is 12.7 Å². The van der Waals surface area contributed by atoms with Crippen LogP contribution in [0.4, 0.5) is 4.79 Å². The average molecular weight is 462 g/mol. The number of allylic oxidation sites excluding steroid dienone is 1. The summed E-state index contributed by atoms with van der Waals surface area (Å²) in [6, 6.07) is 0. The van der Waals surface area contributed by atoms with Crippen LogP contribution in [0.25, 0.3) is 0 Å². The maximum atomic E-state index is 13.0. The minimum atomic E-state index is -1.81. The Balaban J connectivity index is 5.42. The van der Waals surface area contributed by atoms with Crippen LogP contribution >= 0.6 is 34.8 Å². The molecule has 10 heteroatoms. The van der Waals surface area contributed by atoms with E-state index in [2.05, 4.69) is 6.58 Å². The maximum absolute atomic E-state index is 13.0. The molecule has 28 heavy (non-hydrogen) atoms. The summed E-state index contributed by atoms with van der Waals surface area (Å²) in [7, 11) is 0. The van der Waals surface area contributed by atoms with Gasteiger partial charge in [0.25, 0.3) is 0 Å². The van der Waals surface area contributed by atoms with Gasteiger partial charge in [-0.3, -0.25) is 9.59 Å². The summed E-state index contributed by atoms with van der Waals surface area (Å²) >= 11 is 16.6. The SMILES string of the molecule is C=CC[C@H](C)[C@H](OC(=O)OCC(Cl)(Cl)Cl)[C@@H](C)C(=O)C(C)(C)[C@@H](O)CC(=O)O. The molecule has 7 nitrogen and oxygen atoms in total. The number of carboxylic acids is 1. The first kappa shape index (κ1) is 27.0. The fraction of sp³-hybridized carbons (Fsp3) is 0.722. The predicted molar refractivity (Wildman–Crippen MR) is 107 cm³/mol. The first-order chi connectivity index (χ1) is 12.6. The molecule has 0 aromatic rings. The van der Waals surface area contributed by atoms with Gasteiger partial charge in [0.15, 0.2) is 0 Å². The Hall–Kier alpha value is -1.02. The largest absolute Gasteiger partial charge is 0.508 e. The number of carboxylic acid groups (broad SMARTS) is 1. The molecule has 0 fully saturated rings. The van der Waals surface area contributed by atoms with Crippen LogP contribution in [0.1, 0.15) is 40.5 Å². The lowest BCUT2D eigenvalue weighted by atomic mass is 9.73. The molecule has 0 aromatic carbocycles. The van der Waals surface area contributed by atoms with Crippen LogP contribution in [-0.2, 0) is 19.1 Å². The number of ether oxygens (including phenoxy) is 2. The number of hydrogen-bond donors (Lipinski definition) is 2. The number of rotatable bonds is 11. The molecule has 0 aliphatic carbocycles. The quantitative estimate of drug-likeness (QED) is 0.270. The van der Waals surface area contributed by atoms with Gasteiger partial charge in [-0.2, -0.15) is 0 Å². The first-order valence-corrected chi connectivity index (χ1v) is 9.72. The van der Waals surface area contributed by atoms with Crippen molar-refractivity contribution < 1.29 is 34.1 Å². The number of halogens is 3. The summed E-state index contributed by atoms with van der Waals surface area (Å²) in [6.45, 7) is 9.25. The Bertz CT molecular complexity index is 572. The number of aliphatic carboxylic acids is 1. The van der Waals surface area contributed by atoms with Gasteiger partial charge in [-0.25, -0.2) is 4.79 Å². The van der Waals surface area contributed by atoms with E-state index < -0.39 is 58.3 Å². The molecule has 162 valence electrons. The van der Waals surface area contributed by atoms with Crippen LogP contribution in [0, 0.1) is 17.3 Å². The highest BCUT2D eigenvalue weighted by atomic mass is 35.6. The van der Waals surface area contributed by atoms with Crippen molar-refractivity contribution >= 4 is 52.7 Å². The van der Waals surface area contributed by atoms with Crippen molar-refractivity contribution in [2.45, 2.75) is 56.5 Å². The number of carbonyl (C=O) groups is 3. The van der Waals surface area contributed by atoms with Crippen LogP contribution < -0.4 is 0 Å². The molecule has 0 heterocycles. The van der Waals surface area contributed by atoms with E-state index in [0.29, 0.717) is 6.42 Å². The lowest BCUT2D eigenvalue weighted by molar-refractivity contribution is -0.147. The fourth-order valence-corrected chi connectivity index (χ4v) is 2.88. The number of Topliss-reactive ketones (excluding diaryl/α,β-unsaturated/α-hetero) is 1. The lowest BCUT2D eigenvalue weighted by Crippen LogP contribution is -2.46. The Morgan fingerprint density at radius 1 is 1.18 bits per heavy atom. The molecule has 0 aliphatic heterocycles. The molecule has 0 aromatic heterocycles. The van der Waals surface area contributed by atoms with Gasteiger partial charge in [-0.15, -0.1) is 6.58 Å². The van der Waals surface area contributed by atoms with E-state index >= 15 is 0 Å². The molecule has 0 bridgehead atoms. The molecule has 0 unspecified atom stereocenters. The summed E-state index contributed by atoms with van der Waals surface area (Å²) in [6.07, 6.45) is -2.01. The molecule has 2 N–H and O–H groups in total. The van der Waals surface area contributed by atoms with Crippen molar-refractivity contribution in [1.29, 1.82) is 0 Å². The van der Waals surface area contributed by atoms with Crippen LogP contribution in [0.15, 0.2) is 12.7 Å². The predicted octanol–water partition coefficient (Wildman–Crippen LogP) is 4.16. The highest BCUT2D eigenvalue weighted by Gasteiger charge is 2.43. The monoisotopic (exact) mass is 460 g/mol. The van der Waals surface area contributed by atoms with Crippen LogP contribution in [0.3, 0.4) is 0 Å². The summed E-state index contributed by atoms with van der Waals surface area (Å²) in [5, 5.41) is 19.0. The van der Waals surface area contributed by atoms with Crippen LogP contribution in [0.2, 0.25) is 0 Å². The van der Waals surface area contributed by atoms with E-state index in [-0.39, 0.29) is 5.92 Å². The third kappa shape index (κ3) is 8.99. The molecule has 0 spiro atoms. The normalized spacial score (nSPS) is 16.4. The molecule has 0 radical (unpaired) electrons. The lowest BCUT2D eigenvalue weighted by Gasteiger charge is -2.35. The molecular formula is C18H27Cl3O7. The van der Waals surface area contributed by atoms with E-state index in [1.807, 2.05) is 0 Å². The van der Waals surface area contributed by atoms with E-state index in [1.54, 1.807) is 13.0 Å². The van der Waals surface area contributed by atoms with Crippen molar-refractivity contribution in [3.63, 3.8) is 0 Å². The molecule has 0 saturated carbocycles. The molecule has 0 rings (SSSR count). The zero-order chi connectivity index (χ0) is 22.3. The summed E-state index contributed by atoms with van der Waals surface area (Å²) in [5.41, 5.74) is -1.38. The molecule has 0 amide bonds. The molecule has 0 aliphatic rings. The van der Waals surface area contributed by atoms with E-state index in [0.717, 1.165) is 0 Å². The third-order valence-electron chi connectivity index (χ3n) is 4.43. The first-order valence-electron chi connectivity index (χ1n) is 8.58. The summed E-state index contributed by atoms with van der Waals surface area (Å²) in [4.78, 5) is 35.8. The second kappa shape index (κ2) is 11.2. The van der Waals surface area contributed by atoms with Crippen molar-refractivity contribution in [2.24, 2.45) is 17.3 Å². The molecule has 4 atom stereocenters. The number of hydrogen-bond acceptors (Lipinski definition) is 6. The summed E-state index contributed by atoms with van der Waals surface area (Å²) < 4.78 is 8.24. The van der Waals surface area contributed by atoms with Gasteiger partial charge in [0.1, 0.15) is 18.5 Å². The molecular weight excluding hydrogens is 435 g/mol. The van der Waals surface area contributed by atoms with Crippen molar-refractivity contribution in [3.8, 4) is 0 Å². The number of aliphatic hydroxyl groups excluding tert-OH is 1. The van der Waals surface area contributed by atoms with E-state index in [1.165, 1.54) is 20.8 Å². The summed E-state index contributed by atoms with van der Waals surface area (Å²) in [5.74, 6) is -2.88. The maximum Gasteiger partial charge on any atom is 0.508 e. The minimum absolute atomic E-state index is 0.316. The standard InChI is InChI=1S/C18H27Cl3O7/c1-6-7-10(2)14(28-16(26)27-9-18(19,20)21)11(3)15(25)17(4,5)12(22)8-13(23)24/h6,10-12,14,22H,1,7-9H2,2-5H3,(H,23,24)/t10-,11+,12-,14-/m0/s1. The topological polar surface area (TPSA) is 110 Å². The fourth-order valence-electron chi connectivity index (χ4n) is 2.71. The Morgan fingerprint density at radius 2 is 1.71 bits per heavy atom. The van der Waals surface area contributed by atoms with Gasteiger partial charge in [-0.1, -0.05) is 68.6 Å². The van der Waals surface area contributed by atoms with Crippen LogP contribution in [-0.4, -0.2) is 50.7 Å². The van der Waals surface area contributed by atoms with Crippen molar-refractivity contribution in [2.75, 3.05) is 6.61 Å². The second-order valence-electron chi connectivity index (χ2n) is 7.23. The number of aliphatic hydroxyl groups is 1. The minimum Gasteiger partial charge on any atom is -0.481 e. The van der Waals surface area contributed by atoms with Gasteiger partial charge < -0.3 is 19.7 Å². The Labute approximate surface area is 179 Å². The van der Waals surface area contributed by atoms with Gasteiger partial charge in [0.05, 0.1) is 23.9 Å². The van der Waals surface area contributed by atoms with Gasteiger partial charge >= 0.3 is 12.1 Å². The van der Waals surface area contributed by atoms with Gasteiger partial charge in [-0.05, 0) is 12.3 Å². The second-order valence-corrected chi connectivity index (χ2v) is 9.74.